The van der Waals surface area contributed by atoms with Gasteiger partial charge in [-0.25, -0.2) is 4.98 Å². The van der Waals surface area contributed by atoms with Gasteiger partial charge in [-0.05, 0) is 38.0 Å². The molecule has 5 heteroatoms. The van der Waals surface area contributed by atoms with E-state index in [0.29, 0.717) is 6.42 Å². The summed E-state index contributed by atoms with van der Waals surface area (Å²) in [4.78, 5) is 18.1. The molecule has 122 valence electrons. The maximum Gasteiger partial charge on any atom is 0.227 e. The first kappa shape index (κ1) is 15.7. The van der Waals surface area contributed by atoms with E-state index in [1.807, 2.05) is 29.4 Å². The van der Waals surface area contributed by atoms with Crippen molar-refractivity contribution in [2.45, 2.75) is 45.8 Å². The molecule has 1 amide bonds. The fourth-order valence-corrected chi connectivity index (χ4v) is 3.02. The number of nitrogens with one attached hydrogen (secondary N) is 1. The number of aromatic nitrogens is 2. The molecule has 1 aliphatic heterocycles. The third-order valence-corrected chi connectivity index (χ3v) is 4.49. The number of carbonyl (C=O) groups is 1. The summed E-state index contributed by atoms with van der Waals surface area (Å²) >= 11 is 0. The van der Waals surface area contributed by atoms with Crippen molar-refractivity contribution in [2.75, 3.05) is 11.4 Å². The molecule has 1 saturated heterocycles. The second-order valence-corrected chi connectivity index (χ2v) is 5.97. The van der Waals surface area contributed by atoms with E-state index in [0.717, 1.165) is 37.6 Å². The number of aryl methyl sites for hydroxylation is 1. The van der Waals surface area contributed by atoms with Gasteiger partial charge in [0.2, 0.25) is 5.91 Å². The summed E-state index contributed by atoms with van der Waals surface area (Å²) in [6.45, 7) is 6.78. The molecule has 0 saturated carbocycles. The lowest BCUT2D eigenvalue weighted by molar-refractivity contribution is -0.117. The molecule has 3 rings (SSSR count). The van der Waals surface area contributed by atoms with Crippen LogP contribution < -0.4 is 10.2 Å². The second-order valence-electron chi connectivity index (χ2n) is 5.97. The van der Waals surface area contributed by atoms with E-state index >= 15 is 0 Å². The van der Waals surface area contributed by atoms with Crippen molar-refractivity contribution in [3.8, 4) is 0 Å². The number of amides is 1. The van der Waals surface area contributed by atoms with Crippen LogP contribution in [0.25, 0.3) is 0 Å². The van der Waals surface area contributed by atoms with Gasteiger partial charge in [0.1, 0.15) is 5.82 Å². The first-order chi connectivity index (χ1) is 11.2. The Morgan fingerprint density at radius 3 is 2.74 bits per heavy atom. The van der Waals surface area contributed by atoms with Crippen LogP contribution >= 0.6 is 0 Å². The highest BCUT2D eigenvalue weighted by Gasteiger charge is 2.21. The summed E-state index contributed by atoms with van der Waals surface area (Å²) < 4.78 is 2.14. The molecular formula is C18H24N4O. The number of rotatable bonds is 6. The lowest BCUT2D eigenvalue weighted by Crippen LogP contribution is -2.24. The highest BCUT2D eigenvalue weighted by Crippen LogP contribution is 2.23. The highest BCUT2D eigenvalue weighted by molar-refractivity contribution is 5.95. The molecule has 5 nitrogen and oxygen atoms in total. The zero-order valence-electron chi connectivity index (χ0n) is 13.8. The minimum absolute atomic E-state index is 0.232. The van der Waals surface area contributed by atoms with E-state index < -0.39 is 0 Å². The number of hydrogen-bond acceptors (Lipinski definition) is 3. The molecule has 1 aromatic carbocycles. The van der Waals surface area contributed by atoms with E-state index in [-0.39, 0.29) is 11.9 Å². The molecule has 0 radical (unpaired) electrons. The van der Waals surface area contributed by atoms with Crippen LogP contribution in [0.15, 0.2) is 36.7 Å². The van der Waals surface area contributed by atoms with Crippen LogP contribution in [0.1, 0.15) is 44.1 Å². The lowest BCUT2D eigenvalue weighted by atomic mass is 10.1. The Bertz CT molecular complexity index is 662. The van der Waals surface area contributed by atoms with Crippen LogP contribution in [0.4, 0.5) is 5.69 Å². The third kappa shape index (κ3) is 3.45. The molecule has 1 N–H and O–H groups in total. The average Bonchev–Trinajstić information content (AvgIpc) is 3.21. The smallest absolute Gasteiger partial charge is 0.227 e. The molecule has 2 heterocycles. The largest absolute Gasteiger partial charge is 0.334 e. The number of carbonyl (C=O) groups excluding carboxylic acids is 1. The van der Waals surface area contributed by atoms with Crippen molar-refractivity contribution in [1.29, 1.82) is 0 Å². The Morgan fingerprint density at radius 2 is 2.09 bits per heavy atom. The first-order valence-electron chi connectivity index (χ1n) is 8.32. The average molecular weight is 312 g/mol. The summed E-state index contributed by atoms with van der Waals surface area (Å²) in [5.41, 5.74) is 2.22. The van der Waals surface area contributed by atoms with Crippen LogP contribution in [0.3, 0.4) is 0 Å². The predicted octanol–water partition coefficient (Wildman–Crippen LogP) is 2.88. The van der Waals surface area contributed by atoms with Gasteiger partial charge in [0.05, 0.1) is 6.54 Å². The quantitative estimate of drug-likeness (QED) is 0.892. The normalized spacial score (nSPS) is 16.1. The predicted molar refractivity (Wildman–Crippen MR) is 91.2 cm³/mol. The number of nitrogens with zero attached hydrogens (tertiary/aromatic N) is 3. The van der Waals surface area contributed by atoms with E-state index in [1.165, 1.54) is 5.56 Å². The van der Waals surface area contributed by atoms with Crippen molar-refractivity contribution in [1.82, 2.24) is 14.9 Å². The fraction of sp³-hybridized carbons (Fsp3) is 0.444. The zero-order valence-corrected chi connectivity index (χ0v) is 13.8. The third-order valence-electron chi connectivity index (χ3n) is 4.49. The number of benzene rings is 1. The molecule has 0 bridgehead atoms. The fourth-order valence-electron chi connectivity index (χ4n) is 3.02. The van der Waals surface area contributed by atoms with Gasteiger partial charge in [-0.3, -0.25) is 4.79 Å². The van der Waals surface area contributed by atoms with Gasteiger partial charge in [0.25, 0.3) is 0 Å². The Balaban J connectivity index is 1.61. The monoisotopic (exact) mass is 312 g/mol. The molecule has 23 heavy (non-hydrogen) atoms. The van der Waals surface area contributed by atoms with Crippen LogP contribution in [-0.4, -0.2) is 22.0 Å². The van der Waals surface area contributed by atoms with Crippen LogP contribution in [0.5, 0.6) is 0 Å². The minimum Gasteiger partial charge on any atom is -0.334 e. The summed E-state index contributed by atoms with van der Waals surface area (Å²) in [5, 5.41) is 3.51. The van der Waals surface area contributed by atoms with Gasteiger partial charge in [-0.2, -0.15) is 0 Å². The highest BCUT2D eigenvalue weighted by atomic mass is 16.2. The molecular weight excluding hydrogens is 288 g/mol. The molecule has 1 fully saturated rings. The minimum atomic E-state index is 0.232. The SMILES string of the molecule is CCn1ccnc1CN[C@@H](C)c1ccc(N2CCCC2=O)cc1. The Hall–Kier alpha value is -2.14. The Morgan fingerprint density at radius 1 is 1.30 bits per heavy atom. The molecule has 0 spiro atoms. The number of imidazole rings is 1. The summed E-state index contributed by atoms with van der Waals surface area (Å²) in [6.07, 6.45) is 5.48. The van der Waals surface area contributed by atoms with Crippen LogP contribution in [-0.2, 0) is 17.9 Å². The molecule has 1 atom stereocenters. The van der Waals surface area contributed by atoms with Gasteiger partial charge in [-0.1, -0.05) is 12.1 Å². The second kappa shape index (κ2) is 6.96. The Labute approximate surface area is 137 Å². The molecule has 0 unspecified atom stereocenters. The van der Waals surface area contributed by atoms with Crippen molar-refractivity contribution in [2.24, 2.45) is 0 Å². The maximum atomic E-state index is 11.8. The van der Waals surface area contributed by atoms with E-state index in [9.17, 15) is 4.79 Å². The van der Waals surface area contributed by atoms with Crippen molar-refractivity contribution < 1.29 is 4.79 Å². The standard InChI is InChI=1S/C18H24N4O/c1-3-21-12-10-19-17(21)13-20-14(2)15-6-8-16(9-7-15)22-11-4-5-18(22)23/h6-10,12,14,20H,3-5,11,13H2,1-2H3/t14-/m0/s1. The van der Waals surface area contributed by atoms with Crippen molar-refractivity contribution in [3.63, 3.8) is 0 Å². The topological polar surface area (TPSA) is 50.2 Å². The van der Waals surface area contributed by atoms with E-state index in [2.05, 4.69) is 40.8 Å². The number of hydrogen-bond donors (Lipinski definition) is 1. The molecule has 0 aliphatic carbocycles. The van der Waals surface area contributed by atoms with Crippen LogP contribution in [0.2, 0.25) is 0 Å². The summed E-state index contributed by atoms with van der Waals surface area (Å²) in [6, 6.07) is 8.53. The lowest BCUT2D eigenvalue weighted by Gasteiger charge is -2.18. The van der Waals surface area contributed by atoms with Crippen LogP contribution in [0, 0.1) is 0 Å². The molecule has 1 aromatic heterocycles. The first-order valence-corrected chi connectivity index (χ1v) is 8.32. The van der Waals surface area contributed by atoms with Gasteiger partial charge in [0.15, 0.2) is 0 Å². The Kier molecular flexibility index (Phi) is 4.76. The summed E-state index contributed by atoms with van der Waals surface area (Å²) in [7, 11) is 0. The molecule has 2 aromatic rings. The maximum absolute atomic E-state index is 11.8. The van der Waals surface area contributed by atoms with Gasteiger partial charge < -0.3 is 14.8 Å². The van der Waals surface area contributed by atoms with Gasteiger partial charge in [-0.15, -0.1) is 0 Å². The van der Waals surface area contributed by atoms with E-state index in [4.69, 9.17) is 0 Å². The zero-order chi connectivity index (χ0) is 16.2. The summed E-state index contributed by atoms with van der Waals surface area (Å²) in [5.74, 6) is 1.29. The van der Waals surface area contributed by atoms with Gasteiger partial charge >= 0.3 is 0 Å². The van der Waals surface area contributed by atoms with E-state index in [1.54, 1.807) is 0 Å². The van der Waals surface area contributed by atoms with Gasteiger partial charge in [0, 0.05) is 43.6 Å². The molecule has 1 aliphatic rings. The number of anilines is 1. The van der Waals surface area contributed by atoms with Crippen molar-refractivity contribution >= 4 is 11.6 Å². The van der Waals surface area contributed by atoms with Crippen molar-refractivity contribution in [3.05, 3.63) is 48.0 Å².